The summed E-state index contributed by atoms with van der Waals surface area (Å²) in [5.74, 6) is 1.14. The van der Waals surface area contributed by atoms with Crippen LogP contribution in [-0.2, 0) is 0 Å². The van der Waals surface area contributed by atoms with Gasteiger partial charge in [-0.15, -0.1) is 0 Å². The minimum atomic E-state index is 0.537. The second-order valence-corrected chi connectivity index (χ2v) is 4.26. The van der Waals surface area contributed by atoms with Crippen LogP contribution < -0.4 is 0 Å². The number of allylic oxidation sites excluding steroid dienone is 5. The van der Waals surface area contributed by atoms with E-state index in [9.17, 15) is 0 Å². The molecule has 1 aromatic heterocycles. The predicted molar refractivity (Wildman–Crippen MR) is 88.8 cm³/mol. The molecule has 0 radical (unpaired) electrons. The van der Waals surface area contributed by atoms with Gasteiger partial charge in [-0.2, -0.15) is 4.98 Å². The van der Waals surface area contributed by atoms with E-state index in [4.69, 9.17) is 4.52 Å². The average Bonchev–Trinajstić information content (AvgIpc) is 3.00. The zero-order chi connectivity index (χ0) is 15.7. The topological polar surface area (TPSA) is 38.9 Å². The first-order valence-electron chi connectivity index (χ1n) is 7.08. The van der Waals surface area contributed by atoms with Crippen molar-refractivity contribution in [2.75, 3.05) is 0 Å². The summed E-state index contributed by atoms with van der Waals surface area (Å²) in [6, 6.07) is 8.00. The quantitative estimate of drug-likeness (QED) is 0.722. The maximum atomic E-state index is 5.27. The molecule has 2 rings (SSSR count). The number of aromatic nitrogens is 2. The number of nitrogens with zero attached hydrogens (tertiary/aromatic N) is 2. The molecule has 3 heteroatoms. The molecule has 0 fully saturated rings. The van der Waals surface area contributed by atoms with Crippen molar-refractivity contribution in [3.05, 3.63) is 66.5 Å². The Morgan fingerprint density at radius 2 is 1.81 bits per heavy atom. The molecule has 3 nitrogen and oxygen atoms in total. The van der Waals surface area contributed by atoms with Crippen LogP contribution in [0.15, 0.2) is 59.7 Å². The molecule has 0 saturated heterocycles. The normalized spacial score (nSPS) is 11.1. The number of hydrogen-bond acceptors (Lipinski definition) is 3. The van der Waals surface area contributed by atoms with Gasteiger partial charge in [0.05, 0.1) is 0 Å². The first-order chi connectivity index (χ1) is 10.2. The van der Waals surface area contributed by atoms with Gasteiger partial charge in [0.25, 0.3) is 5.89 Å². The van der Waals surface area contributed by atoms with E-state index in [1.165, 1.54) is 5.56 Å². The van der Waals surface area contributed by atoms with Crippen LogP contribution in [0.4, 0.5) is 0 Å². The third kappa shape index (κ3) is 4.88. The SMILES string of the molecule is C=C/C=C\C=C(/C)c1noc(-c2ccc(C)cc2)n1.CC. The number of aryl methyl sites for hydroxylation is 1. The standard InChI is InChI=1S/C16H16N2O.C2H6/c1-4-5-6-7-13(3)15-17-16(19-18-15)14-10-8-12(2)9-11-14;1-2/h4-11H,1H2,2-3H3;1-2H3/b6-5-,13-7+;. The molecule has 0 aliphatic heterocycles. The van der Waals surface area contributed by atoms with Crippen molar-refractivity contribution >= 4 is 5.57 Å². The molecule has 1 heterocycles. The highest BCUT2D eigenvalue weighted by atomic mass is 16.5. The van der Waals surface area contributed by atoms with Gasteiger partial charge in [-0.25, -0.2) is 0 Å². The second kappa shape index (κ2) is 8.69. The zero-order valence-corrected chi connectivity index (χ0v) is 13.1. The fraction of sp³-hybridized carbons (Fsp3) is 0.222. The van der Waals surface area contributed by atoms with Crippen LogP contribution >= 0.6 is 0 Å². The molecule has 0 amide bonds. The molecule has 1 aromatic carbocycles. The van der Waals surface area contributed by atoms with Crippen molar-refractivity contribution in [3.63, 3.8) is 0 Å². The number of hydrogen-bond donors (Lipinski definition) is 0. The van der Waals surface area contributed by atoms with Gasteiger partial charge >= 0.3 is 0 Å². The Balaban J connectivity index is 0.00000106. The minimum Gasteiger partial charge on any atom is -0.334 e. The van der Waals surface area contributed by atoms with E-state index in [0.29, 0.717) is 11.7 Å². The summed E-state index contributed by atoms with van der Waals surface area (Å²) >= 11 is 0. The lowest BCUT2D eigenvalue weighted by atomic mass is 10.1. The molecule has 0 aliphatic carbocycles. The molecular formula is C18H22N2O. The lowest BCUT2D eigenvalue weighted by molar-refractivity contribution is 0.428. The molecule has 110 valence electrons. The summed E-state index contributed by atoms with van der Waals surface area (Å²) in [6.45, 7) is 11.6. The van der Waals surface area contributed by atoms with E-state index in [0.717, 1.165) is 11.1 Å². The highest BCUT2D eigenvalue weighted by molar-refractivity contribution is 5.62. The van der Waals surface area contributed by atoms with Gasteiger partial charge in [-0.1, -0.05) is 67.6 Å². The third-order valence-corrected chi connectivity index (χ3v) is 2.67. The van der Waals surface area contributed by atoms with Gasteiger partial charge in [0.2, 0.25) is 0 Å². The largest absolute Gasteiger partial charge is 0.334 e. The minimum absolute atomic E-state index is 0.537. The fourth-order valence-corrected chi connectivity index (χ4v) is 1.55. The van der Waals surface area contributed by atoms with Crippen molar-refractivity contribution in [1.29, 1.82) is 0 Å². The van der Waals surface area contributed by atoms with Crippen LogP contribution in [0.5, 0.6) is 0 Å². The first kappa shape index (κ1) is 16.6. The molecule has 2 aromatic rings. The molecule has 0 N–H and O–H groups in total. The van der Waals surface area contributed by atoms with Gasteiger partial charge in [-0.3, -0.25) is 0 Å². The average molecular weight is 282 g/mol. The van der Waals surface area contributed by atoms with Crippen LogP contribution in [0.25, 0.3) is 17.0 Å². The van der Waals surface area contributed by atoms with E-state index in [1.807, 2.05) is 70.2 Å². The Bertz CT molecular complexity index is 619. The fourth-order valence-electron chi connectivity index (χ4n) is 1.55. The molecule has 0 bridgehead atoms. The van der Waals surface area contributed by atoms with Crippen molar-refractivity contribution in [2.45, 2.75) is 27.7 Å². The number of rotatable bonds is 4. The summed E-state index contributed by atoms with van der Waals surface area (Å²) in [7, 11) is 0. The summed E-state index contributed by atoms with van der Waals surface area (Å²) in [6.07, 6.45) is 7.39. The van der Waals surface area contributed by atoms with Crippen LogP contribution in [0.1, 0.15) is 32.2 Å². The third-order valence-electron chi connectivity index (χ3n) is 2.67. The summed E-state index contributed by atoms with van der Waals surface area (Å²) in [5, 5.41) is 3.98. The maximum Gasteiger partial charge on any atom is 0.258 e. The van der Waals surface area contributed by atoms with Crippen LogP contribution in [0.2, 0.25) is 0 Å². The molecule has 21 heavy (non-hydrogen) atoms. The molecule has 0 atom stereocenters. The predicted octanol–water partition coefficient (Wildman–Crippen LogP) is 5.22. The molecular weight excluding hydrogens is 260 g/mol. The van der Waals surface area contributed by atoms with Crippen molar-refractivity contribution in [3.8, 4) is 11.5 Å². The van der Waals surface area contributed by atoms with Crippen LogP contribution in [0.3, 0.4) is 0 Å². The maximum absolute atomic E-state index is 5.27. The Morgan fingerprint density at radius 1 is 1.14 bits per heavy atom. The molecule has 0 saturated carbocycles. The zero-order valence-electron chi connectivity index (χ0n) is 13.1. The van der Waals surface area contributed by atoms with Gasteiger partial charge in [0, 0.05) is 5.56 Å². The van der Waals surface area contributed by atoms with Crippen LogP contribution in [-0.4, -0.2) is 10.1 Å². The highest BCUT2D eigenvalue weighted by Gasteiger charge is 2.09. The summed E-state index contributed by atoms with van der Waals surface area (Å²) < 4.78 is 5.27. The van der Waals surface area contributed by atoms with Crippen molar-refractivity contribution < 1.29 is 4.52 Å². The molecule has 0 aliphatic rings. The van der Waals surface area contributed by atoms with Gasteiger partial charge in [0.15, 0.2) is 5.82 Å². The van der Waals surface area contributed by atoms with E-state index < -0.39 is 0 Å². The summed E-state index contributed by atoms with van der Waals surface area (Å²) in [5.41, 5.74) is 3.08. The van der Waals surface area contributed by atoms with Gasteiger partial charge in [-0.05, 0) is 31.6 Å². The van der Waals surface area contributed by atoms with E-state index in [-0.39, 0.29) is 0 Å². The Kier molecular flexibility index (Phi) is 6.88. The Hall–Kier alpha value is -2.42. The van der Waals surface area contributed by atoms with E-state index >= 15 is 0 Å². The Morgan fingerprint density at radius 3 is 2.43 bits per heavy atom. The monoisotopic (exact) mass is 282 g/mol. The smallest absolute Gasteiger partial charge is 0.258 e. The van der Waals surface area contributed by atoms with E-state index in [2.05, 4.69) is 16.7 Å². The van der Waals surface area contributed by atoms with Crippen molar-refractivity contribution in [1.82, 2.24) is 10.1 Å². The summed E-state index contributed by atoms with van der Waals surface area (Å²) in [4.78, 5) is 4.38. The first-order valence-corrected chi connectivity index (χ1v) is 7.08. The van der Waals surface area contributed by atoms with E-state index in [1.54, 1.807) is 6.08 Å². The van der Waals surface area contributed by atoms with Crippen molar-refractivity contribution in [2.24, 2.45) is 0 Å². The molecule has 0 spiro atoms. The lowest BCUT2D eigenvalue weighted by Crippen LogP contribution is -1.83. The molecule has 0 unspecified atom stereocenters. The second-order valence-electron chi connectivity index (χ2n) is 4.26. The van der Waals surface area contributed by atoms with Gasteiger partial charge < -0.3 is 4.52 Å². The number of benzene rings is 1. The van der Waals surface area contributed by atoms with Crippen LogP contribution in [0, 0.1) is 6.92 Å². The van der Waals surface area contributed by atoms with Gasteiger partial charge in [0.1, 0.15) is 0 Å². The highest BCUT2D eigenvalue weighted by Crippen LogP contribution is 2.20. The lowest BCUT2D eigenvalue weighted by Gasteiger charge is -1.94. The Labute approximate surface area is 126 Å².